The van der Waals surface area contributed by atoms with E-state index in [1.165, 1.54) is 0 Å². The normalized spacial score (nSPS) is 10.8. The number of terminal acetylenes is 1. The Kier molecular flexibility index (Phi) is 5.17. The Bertz CT molecular complexity index is 920. The van der Waals surface area contributed by atoms with Gasteiger partial charge in [-0.3, -0.25) is 10.00 Å². The highest BCUT2D eigenvalue weighted by Crippen LogP contribution is 2.28. The summed E-state index contributed by atoms with van der Waals surface area (Å²) in [5.74, 6) is 3.55. The maximum atomic E-state index is 5.46. The second-order valence-electron chi connectivity index (χ2n) is 5.86. The van der Waals surface area contributed by atoms with Gasteiger partial charge in [-0.15, -0.1) is 13.0 Å². The van der Waals surface area contributed by atoms with Crippen molar-refractivity contribution in [3.05, 3.63) is 60.8 Å². The molecular weight excluding hydrogens is 310 g/mol. The van der Waals surface area contributed by atoms with Crippen LogP contribution < -0.4 is 4.74 Å². The standard InChI is InChI=1S/C21H21N3O/c1-4-10-24(11-5-2)15-19-14-22-23-21(19)18-7-6-17-13-20(25-3)9-8-16(17)12-18/h1,5-9,12-14H,2,10-11,15H2,3H3,(H,22,23). The van der Waals surface area contributed by atoms with Gasteiger partial charge in [0, 0.05) is 24.2 Å². The highest BCUT2D eigenvalue weighted by Gasteiger charge is 2.12. The van der Waals surface area contributed by atoms with Gasteiger partial charge in [0.2, 0.25) is 0 Å². The summed E-state index contributed by atoms with van der Waals surface area (Å²) in [6.45, 7) is 5.84. The first-order valence-electron chi connectivity index (χ1n) is 8.12. The zero-order valence-electron chi connectivity index (χ0n) is 14.3. The topological polar surface area (TPSA) is 41.2 Å². The Morgan fingerprint density at radius 1 is 1.28 bits per heavy atom. The van der Waals surface area contributed by atoms with Gasteiger partial charge < -0.3 is 4.74 Å². The highest BCUT2D eigenvalue weighted by atomic mass is 16.5. The number of ether oxygens (including phenoxy) is 1. The number of benzene rings is 2. The fraction of sp³-hybridized carbons (Fsp3) is 0.190. The zero-order chi connectivity index (χ0) is 17.6. The van der Waals surface area contributed by atoms with Crippen LogP contribution in [0.4, 0.5) is 0 Å². The first-order valence-corrected chi connectivity index (χ1v) is 8.12. The highest BCUT2D eigenvalue weighted by molar-refractivity contribution is 5.88. The molecule has 0 aliphatic carbocycles. The van der Waals surface area contributed by atoms with Crippen LogP contribution in [0.25, 0.3) is 22.0 Å². The molecule has 0 aliphatic heterocycles. The SMILES string of the molecule is C#CCN(CC=C)Cc1cn[nH]c1-c1ccc2cc(OC)ccc2c1. The summed E-state index contributed by atoms with van der Waals surface area (Å²) in [6, 6.07) is 12.4. The van der Waals surface area contributed by atoms with Crippen molar-refractivity contribution in [3.63, 3.8) is 0 Å². The zero-order valence-corrected chi connectivity index (χ0v) is 14.3. The molecule has 0 bridgehead atoms. The summed E-state index contributed by atoms with van der Waals surface area (Å²) in [5.41, 5.74) is 3.23. The van der Waals surface area contributed by atoms with Crippen molar-refractivity contribution in [3.8, 4) is 29.4 Å². The van der Waals surface area contributed by atoms with Gasteiger partial charge >= 0.3 is 0 Å². The molecule has 3 rings (SSSR count). The number of fused-ring (bicyclic) bond motifs is 1. The predicted molar refractivity (Wildman–Crippen MR) is 102 cm³/mol. The van der Waals surface area contributed by atoms with Crippen LogP contribution in [0.2, 0.25) is 0 Å². The fourth-order valence-corrected chi connectivity index (χ4v) is 2.92. The number of aromatic amines is 1. The van der Waals surface area contributed by atoms with E-state index in [9.17, 15) is 0 Å². The van der Waals surface area contributed by atoms with Crippen LogP contribution in [0, 0.1) is 12.3 Å². The third-order valence-corrected chi connectivity index (χ3v) is 4.15. The molecule has 1 heterocycles. The molecule has 0 fully saturated rings. The molecule has 0 saturated heterocycles. The lowest BCUT2D eigenvalue weighted by atomic mass is 10.0. The molecule has 0 radical (unpaired) electrons. The van der Waals surface area contributed by atoms with Crippen LogP contribution in [0.5, 0.6) is 5.75 Å². The predicted octanol–water partition coefficient (Wildman–Crippen LogP) is 3.86. The first-order chi connectivity index (χ1) is 12.2. The summed E-state index contributed by atoms with van der Waals surface area (Å²) >= 11 is 0. The number of nitrogens with zero attached hydrogens (tertiary/aromatic N) is 2. The Hall–Kier alpha value is -3.03. The Morgan fingerprint density at radius 3 is 2.84 bits per heavy atom. The van der Waals surface area contributed by atoms with Gasteiger partial charge in [-0.2, -0.15) is 5.10 Å². The molecule has 0 aliphatic rings. The van der Waals surface area contributed by atoms with E-state index in [0.29, 0.717) is 6.54 Å². The van der Waals surface area contributed by atoms with Crippen molar-refractivity contribution in [1.29, 1.82) is 0 Å². The average molecular weight is 331 g/mol. The number of methoxy groups -OCH3 is 1. The lowest BCUT2D eigenvalue weighted by Gasteiger charge is -2.17. The Balaban J connectivity index is 1.92. The van der Waals surface area contributed by atoms with Gasteiger partial charge in [-0.25, -0.2) is 0 Å². The largest absolute Gasteiger partial charge is 0.497 e. The summed E-state index contributed by atoms with van der Waals surface area (Å²) in [7, 11) is 1.68. The van der Waals surface area contributed by atoms with E-state index in [4.69, 9.17) is 11.2 Å². The van der Waals surface area contributed by atoms with Crippen molar-refractivity contribution in [2.24, 2.45) is 0 Å². The quantitative estimate of drug-likeness (QED) is 0.528. The molecule has 0 atom stereocenters. The molecule has 1 N–H and O–H groups in total. The molecule has 126 valence electrons. The second kappa shape index (κ2) is 7.69. The van der Waals surface area contributed by atoms with Crippen molar-refractivity contribution >= 4 is 10.8 Å². The van der Waals surface area contributed by atoms with Gasteiger partial charge in [0.1, 0.15) is 5.75 Å². The molecule has 0 unspecified atom stereocenters. The van der Waals surface area contributed by atoms with Crippen molar-refractivity contribution in [2.45, 2.75) is 6.54 Å². The van der Waals surface area contributed by atoms with Crippen molar-refractivity contribution in [1.82, 2.24) is 15.1 Å². The molecule has 4 nitrogen and oxygen atoms in total. The van der Waals surface area contributed by atoms with E-state index in [0.717, 1.165) is 46.4 Å². The van der Waals surface area contributed by atoms with Crippen LogP contribution in [0.1, 0.15) is 5.56 Å². The lowest BCUT2D eigenvalue weighted by Crippen LogP contribution is -2.23. The van der Waals surface area contributed by atoms with Gasteiger partial charge in [0.25, 0.3) is 0 Å². The summed E-state index contributed by atoms with van der Waals surface area (Å²) in [6.07, 6.45) is 9.19. The molecule has 4 heteroatoms. The van der Waals surface area contributed by atoms with E-state index >= 15 is 0 Å². The van der Waals surface area contributed by atoms with E-state index in [1.54, 1.807) is 7.11 Å². The average Bonchev–Trinajstić information content (AvgIpc) is 3.09. The molecule has 0 spiro atoms. The monoisotopic (exact) mass is 331 g/mol. The van der Waals surface area contributed by atoms with E-state index < -0.39 is 0 Å². The minimum Gasteiger partial charge on any atom is -0.497 e. The Morgan fingerprint density at radius 2 is 2.08 bits per heavy atom. The van der Waals surface area contributed by atoms with E-state index in [1.807, 2.05) is 24.4 Å². The van der Waals surface area contributed by atoms with Crippen LogP contribution in [0.15, 0.2) is 55.3 Å². The number of nitrogens with one attached hydrogen (secondary N) is 1. The van der Waals surface area contributed by atoms with Crippen LogP contribution in [-0.2, 0) is 6.54 Å². The smallest absolute Gasteiger partial charge is 0.119 e. The van der Waals surface area contributed by atoms with Crippen LogP contribution in [0.3, 0.4) is 0 Å². The second-order valence-corrected chi connectivity index (χ2v) is 5.86. The van der Waals surface area contributed by atoms with Crippen LogP contribution >= 0.6 is 0 Å². The minimum absolute atomic E-state index is 0.578. The third kappa shape index (κ3) is 3.73. The number of H-pyrrole nitrogens is 1. The number of hydrogen-bond acceptors (Lipinski definition) is 3. The van der Waals surface area contributed by atoms with Gasteiger partial charge in [-0.1, -0.05) is 30.2 Å². The Labute approximate surface area is 148 Å². The molecule has 0 saturated carbocycles. The van der Waals surface area contributed by atoms with Crippen LogP contribution in [-0.4, -0.2) is 35.3 Å². The first kappa shape index (κ1) is 16.8. The summed E-state index contributed by atoms with van der Waals surface area (Å²) < 4.78 is 5.29. The maximum absolute atomic E-state index is 5.46. The summed E-state index contributed by atoms with van der Waals surface area (Å²) in [5, 5.41) is 9.65. The minimum atomic E-state index is 0.578. The van der Waals surface area contributed by atoms with E-state index in [2.05, 4.69) is 51.9 Å². The lowest BCUT2D eigenvalue weighted by molar-refractivity contribution is 0.333. The van der Waals surface area contributed by atoms with Crippen molar-refractivity contribution < 1.29 is 4.74 Å². The third-order valence-electron chi connectivity index (χ3n) is 4.15. The number of hydrogen-bond donors (Lipinski definition) is 1. The fourth-order valence-electron chi connectivity index (χ4n) is 2.92. The molecule has 25 heavy (non-hydrogen) atoms. The van der Waals surface area contributed by atoms with Gasteiger partial charge in [0.15, 0.2) is 0 Å². The summed E-state index contributed by atoms with van der Waals surface area (Å²) in [4.78, 5) is 2.15. The van der Waals surface area contributed by atoms with E-state index in [-0.39, 0.29) is 0 Å². The molecular formula is C21H21N3O. The molecule has 0 amide bonds. The molecule has 3 aromatic rings. The maximum Gasteiger partial charge on any atom is 0.119 e. The van der Waals surface area contributed by atoms with Gasteiger partial charge in [0.05, 0.1) is 25.5 Å². The molecule has 2 aromatic carbocycles. The molecule has 1 aromatic heterocycles. The van der Waals surface area contributed by atoms with Gasteiger partial charge in [-0.05, 0) is 29.0 Å². The van der Waals surface area contributed by atoms with Crippen molar-refractivity contribution in [2.75, 3.05) is 20.2 Å². The number of aromatic nitrogens is 2. The number of rotatable bonds is 7.